The Morgan fingerprint density at radius 2 is 1.81 bits per heavy atom. The largest absolute Gasteiger partial charge is 0.489 e. The average molecular weight is 470 g/mol. The molecule has 32 heavy (non-hydrogen) atoms. The third kappa shape index (κ3) is 7.40. The maximum Gasteiger partial charge on any atom is 0.269 e. The summed E-state index contributed by atoms with van der Waals surface area (Å²) in [4.78, 5) is 22.1. The monoisotopic (exact) mass is 469 g/mol. The molecule has 3 rings (SSSR count). The van der Waals surface area contributed by atoms with Gasteiger partial charge in [0, 0.05) is 22.9 Å². The lowest BCUT2D eigenvalue weighted by Crippen LogP contribution is -2.19. The van der Waals surface area contributed by atoms with Crippen LogP contribution in [0.4, 0.5) is 5.69 Å². The van der Waals surface area contributed by atoms with Crippen LogP contribution in [0.25, 0.3) is 0 Å². The zero-order chi connectivity index (χ0) is 22.8. The zero-order valence-electron chi connectivity index (χ0n) is 16.9. The van der Waals surface area contributed by atoms with Crippen molar-refractivity contribution in [2.24, 2.45) is 5.10 Å². The number of carbonyl (C=O) groups excluding carboxylic acids is 1. The SMILES string of the molecule is O=C(CSCc1ccccc1Cl)N/N=C/c1ccc(OCc2ccc([N+](=O)[O-])cc2)cc1. The number of nitrogens with zero attached hydrogens (tertiary/aromatic N) is 2. The van der Waals surface area contributed by atoms with Crippen LogP contribution >= 0.6 is 23.4 Å². The highest BCUT2D eigenvalue weighted by Crippen LogP contribution is 2.20. The summed E-state index contributed by atoms with van der Waals surface area (Å²) in [5.41, 5.74) is 5.17. The van der Waals surface area contributed by atoms with Gasteiger partial charge >= 0.3 is 0 Å². The molecule has 1 N–H and O–H groups in total. The number of hydrogen-bond donors (Lipinski definition) is 1. The number of non-ortho nitro benzene ring substituents is 1. The van der Waals surface area contributed by atoms with Crippen LogP contribution in [0.3, 0.4) is 0 Å². The highest BCUT2D eigenvalue weighted by atomic mass is 35.5. The first-order chi connectivity index (χ1) is 15.5. The number of thioether (sulfide) groups is 1. The molecule has 7 nitrogen and oxygen atoms in total. The summed E-state index contributed by atoms with van der Waals surface area (Å²) in [5.74, 6) is 1.39. The van der Waals surface area contributed by atoms with E-state index in [0.29, 0.717) is 23.1 Å². The fourth-order valence-electron chi connectivity index (χ4n) is 2.61. The molecule has 0 spiro atoms. The van der Waals surface area contributed by atoms with Gasteiger partial charge in [-0.15, -0.1) is 11.8 Å². The molecule has 0 saturated carbocycles. The molecule has 0 radical (unpaired) electrons. The third-order valence-electron chi connectivity index (χ3n) is 4.28. The molecule has 3 aromatic rings. The van der Waals surface area contributed by atoms with Gasteiger partial charge in [0.2, 0.25) is 5.91 Å². The first kappa shape index (κ1) is 23.3. The molecule has 0 saturated heterocycles. The highest BCUT2D eigenvalue weighted by molar-refractivity contribution is 7.99. The van der Waals surface area contributed by atoms with Crippen molar-refractivity contribution in [1.29, 1.82) is 0 Å². The Hall–Kier alpha value is -3.36. The molecule has 0 bridgehead atoms. The van der Waals surface area contributed by atoms with E-state index in [9.17, 15) is 14.9 Å². The highest BCUT2D eigenvalue weighted by Gasteiger charge is 2.05. The van der Waals surface area contributed by atoms with Gasteiger partial charge < -0.3 is 4.74 Å². The Labute approximate surface area is 194 Å². The average Bonchev–Trinajstić information content (AvgIpc) is 2.80. The molecule has 0 aliphatic heterocycles. The van der Waals surface area contributed by atoms with E-state index in [4.69, 9.17) is 16.3 Å². The number of nitrogens with one attached hydrogen (secondary N) is 1. The van der Waals surface area contributed by atoms with Crippen LogP contribution in [-0.2, 0) is 17.2 Å². The number of hydrazone groups is 1. The van der Waals surface area contributed by atoms with Gasteiger partial charge in [-0.2, -0.15) is 5.10 Å². The summed E-state index contributed by atoms with van der Waals surface area (Å²) in [6, 6.07) is 21.0. The number of benzene rings is 3. The molecule has 0 atom stereocenters. The van der Waals surface area contributed by atoms with E-state index < -0.39 is 4.92 Å². The van der Waals surface area contributed by atoms with E-state index in [1.165, 1.54) is 23.9 Å². The van der Waals surface area contributed by atoms with Crippen molar-refractivity contribution in [2.45, 2.75) is 12.4 Å². The molecular formula is C23H20ClN3O4S. The number of hydrogen-bond acceptors (Lipinski definition) is 6. The molecule has 1 amide bonds. The fourth-order valence-corrected chi connectivity index (χ4v) is 3.72. The van der Waals surface area contributed by atoms with Crippen LogP contribution in [-0.4, -0.2) is 22.8 Å². The van der Waals surface area contributed by atoms with E-state index >= 15 is 0 Å². The van der Waals surface area contributed by atoms with E-state index in [-0.39, 0.29) is 17.3 Å². The van der Waals surface area contributed by atoms with Crippen LogP contribution in [0.1, 0.15) is 16.7 Å². The van der Waals surface area contributed by atoms with Gasteiger partial charge in [0.1, 0.15) is 12.4 Å². The lowest BCUT2D eigenvalue weighted by Gasteiger charge is -2.06. The number of rotatable bonds is 10. The van der Waals surface area contributed by atoms with E-state index in [2.05, 4.69) is 10.5 Å². The first-order valence-corrected chi connectivity index (χ1v) is 11.1. The molecular weight excluding hydrogens is 450 g/mol. The minimum atomic E-state index is -0.438. The lowest BCUT2D eigenvalue weighted by molar-refractivity contribution is -0.384. The minimum Gasteiger partial charge on any atom is -0.489 e. The van der Waals surface area contributed by atoms with Crippen molar-refractivity contribution in [1.82, 2.24) is 5.43 Å². The smallest absolute Gasteiger partial charge is 0.269 e. The van der Waals surface area contributed by atoms with E-state index in [0.717, 1.165) is 16.7 Å². The van der Waals surface area contributed by atoms with Crippen molar-refractivity contribution in [3.05, 3.63) is 105 Å². The molecule has 0 unspecified atom stereocenters. The Morgan fingerprint density at radius 3 is 2.50 bits per heavy atom. The second-order valence-electron chi connectivity index (χ2n) is 6.66. The summed E-state index contributed by atoms with van der Waals surface area (Å²) in [7, 11) is 0. The summed E-state index contributed by atoms with van der Waals surface area (Å²) in [6.07, 6.45) is 1.55. The van der Waals surface area contributed by atoms with Gasteiger partial charge in [0.05, 0.1) is 16.9 Å². The number of nitro groups is 1. The maximum atomic E-state index is 11.9. The van der Waals surface area contributed by atoms with Crippen molar-refractivity contribution in [3.8, 4) is 5.75 Å². The van der Waals surface area contributed by atoms with Crippen LogP contribution in [0.2, 0.25) is 5.02 Å². The normalized spacial score (nSPS) is 10.8. The first-order valence-electron chi connectivity index (χ1n) is 9.60. The maximum absolute atomic E-state index is 11.9. The van der Waals surface area contributed by atoms with Crippen LogP contribution in [0.15, 0.2) is 77.9 Å². The minimum absolute atomic E-state index is 0.0451. The van der Waals surface area contributed by atoms with Gasteiger partial charge in [0.15, 0.2) is 0 Å². The van der Waals surface area contributed by atoms with Gasteiger partial charge in [-0.25, -0.2) is 5.43 Å². The molecule has 0 aliphatic rings. The van der Waals surface area contributed by atoms with Crippen molar-refractivity contribution < 1.29 is 14.5 Å². The number of ether oxygens (including phenoxy) is 1. The summed E-state index contributed by atoms with van der Waals surface area (Å²) < 4.78 is 5.68. The number of nitro benzene ring substituents is 1. The van der Waals surface area contributed by atoms with Crippen molar-refractivity contribution >= 4 is 41.2 Å². The molecule has 0 fully saturated rings. The second kappa shape index (κ2) is 11.9. The third-order valence-corrected chi connectivity index (χ3v) is 5.63. The Kier molecular flexibility index (Phi) is 8.65. The predicted octanol–water partition coefficient (Wildman–Crippen LogP) is 5.21. The summed E-state index contributed by atoms with van der Waals surface area (Å²) >= 11 is 7.56. The molecule has 0 heterocycles. The summed E-state index contributed by atoms with van der Waals surface area (Å²) in [5, 5.41) is 15.3. The number of carbonyl (C=O) groups is 1. The Balaban J connectivity index is 1.39. The molecule has 9 heteroatoms. The van der Waals surface area contributed by atoms with Crippen molar-refractivity contribution in [3.63, 3.8) is 0 Å². The molecule has 0 aliphatic carbocycles. The zero-order valence-corrected chi connectivity index (χ0v) is 18.5. The van der Waals surface area contributed by atoms with Crippen LogP contribution in [0.5, 0.6) is 5.75 Å². The van der Waals surface area contributed by atoms with Crippen LogP contribution in [0, 0.1) is 10.1 Å². The van der Waals surface area contributed by atoms with E-state index in [1.807, 2.05) is 36.4 Å². The van der Waals surface area contributed by atoms with Crippen LogP contribution < -0.4 is 10.2 Å². The molecule has 0 aromatic heterocycles. The number of halogens is 1. The molecule has 164 valence electrons. The molecule has 3 aromatic carbocycles. The fraction of sp³-hybridized carbons (Fsp3) is 0.130. The van der Waals surface area contributed by atoms with Gasteiger partial charge in [0.25, 0.3) is 5.69 Å². The van der Waals surface area contributed by atoms with E-state index in [1.54, 1.807) is 30.5 Å². The van der Waals surface area contributed by atoms with Gasteiger partial charge in [-0.3, -0.25) is 14.9 Å². The lowest BCUT2D eigenvalue weighted by atomic mass is 10.2. The topological polar surface area (TPSA) is 93.8 Å². The summed E-state index contributed by atoms with van der Waals surface area (Å²) in [6.45, 7) is 0.299. The Bertz CT molecular complexity index is 1090. The van der Waals surface area contributed by atoms with Gasteiger partial charge in [-0.05, 0) is 59.2 Å². The second-order valence-corrected chi connectivity index (χ2v) is 8.05. The van der Waals surface area contributed by atoms with Gasteiger partial charge in [-0.1, -0.05) is 29.8 Å². The predicted molar refractivity (Wildman–Crippen MR) is 127 cm³/mol. The number of amides is 1. The standard InChI is InChI=1S/C23H20ClN3O4S/c24-22-4-2-1-3-19(22)15-32-16-23(28)26-25-13-17-7-11-21(12-8-17)31-14-18-5-9-20(10-6-18)27(29)30/h1-13H,14-16H2,(H,26,28)/b25-13+. The Morgan fingerprint density at radius 1 is 1.09 bits per heavy atom. The quantitative estimate of drug-likeness (QED) is 0.250. The van der Waals surface area contributed by atoms with Crippen molar-refractivity contribution in [2.75, 3.05) is 5.75 Å².